The molecule has 3 aromatic carbocycles. The lowest BCUT2D eigenvalue weighted by Gasteiger charge is -2.29. The number of nitrogens with zero attached hydrogens (tertiary/aromatic N) is 4. The highest BCUT2D eigenvalue weighted by molar-refractivity contribution is 7.52. The third-order valence-corrected chi connectivity index (χ3v) is 10.1. The van der Waals surface area contributed by atoms with Gasteiger partial charge in [0.25, 0.3) is 0 Å². The zero-order valence-corrected chi connectivity index (χ0v) is 28.7. The lowest BCUT2D eigenvalue weighted by Crippen LogP contribution is -2.45. The number of nitrogens with two attached hydrogens (primary N) is 1. The van der Waals surface area contributed by atoms with Gasteiger partial charge >= 0.3 is 13.7 Å². The number of nitrogen functional groups attached to an aromatic ring is 1. The van der Waals surface area contributed by atoms with Gasteiger partial charge in [-0.3, -0.25) is 13.9 Å². The van der Waals surface area contributed by atoms with Gasteiger partial charge in [-0.15, -0.1) is 0 Å². The second-order valence-electron chi connectivity index (χ2n) is 12.6. The van der Waals surface area contributed by atoms with Crippen LogP contribution in [-0.2, 0) is 23.4 Å². The molecular formula is C34H39N6O9P. The van der Waals surface area contributed by atoms with E-state index in [0.29, 0.717) is 5.39 Å². The molecule has 50 heavy (non-hydrogen) atoms. The average Bonchev–Trinajstić information content (AvgIpc) is 3.60. The van der Waals surface area contributed by atoms with Crippen molar-refractivity contribution in [2.75, 3.05) is 12.3 Å². The molecule has 0 saturated carbocycles. The number of hydrogen-bond donors (Lipinski definition) is 5. The monoisotopic (exact) mass is 706 g/mol. The summed E-state index contributed by atoms with van der Waals surface area (Å²) in [5, 5.41) is 37.1. The predicted molar refractivity (Wildman–Crippen MR) is 183 cm³/mol. The Kier molecular flexibility index (Phi) is 9.82. The van der Waals surface area contributed by atoms with Crippen LogP contribution in [-0.4, -0.2) is 71.3 Å². The summed E-state index contributed by atoms with van der Waals surface area (Å²) in [6.07, 6.45) is -3.50. The molecule has 1 aliphatic heterocycles. The van der Waals surface area contributed by atoms with Crippen molar-refractivity contribution in [1.29, 1.82) is 0 Å². The third-order valence-electron chi connectivity index (χ3n) is 8.58. The van der Waals surface area contributed by atoms with Crippen molar-refractivity contribution in [1.82, 2.24) is 24.6 Å². The van der Waals surface area contributed by atoms with Crippen LogP contribution < -0.4 is 15.3 Å². The largest absolute Gasteiger partial charge is 0.492 e. The van der Waals surface area contributed by atoms with Crippen LogP contribution in [0.25, 0.3) is 21.9 Å². The first-order valence-corrected chi connectivity index (χ1v) is 17.5. The highest BCUT2D eigenvalue weighted by Gasteiger charge is 2.54. The van der Waals surface area contributed by atoms with Gasteiger partial charge in [0.15, 0.2) is 17.4 Å². The van der Waals surface area contributed by atoms with Crippen molar-refractivity contribution >= 4 is 41.6 Å². The fraction of sp³-hybridized carbons (Fsp3) is 0.353. The average molecular weight is 707 g/mol. The van der Waals surface area contributed by atoms with Crippen LogP contribution in [0.5, 0.6) is 11.6 Å². The van der Waals surface area contributed by atoms with Crippen molar-refractivity contribution in [3.63, 3.8) is 0 Å². The SMILES string of the molecule is CC(C)[C@H](NP(=O)(OC[C@H]1OC(n2cnc3c(O)nc(N)nc32)[C@](C)(O)[C@@H]1O)Oc1cccc2ccccc12)C(=O)O[C@@H](C)c1ccccc1. The summed E-state index contributed by atoms with van der Waals surface area (Å²) in [7, 11) is -4.49. The molecule has 0 bridgehead atoms. The van der Waals surface area contributed by atoms with E-state index in [1.54, 1.807) is 45.0 Å². The van der Waals surface area contributed by atoms with Crippen molar-refractivity contribution in [3.8, 4) is 11.6 Å². The lowest BCUT2D eigenvalue weighted by atomic mass is 9.96. The Morgan fingerprint density at radius 3 is 2.52 bits per heavy atom. The van der Waals surface area contributed by atoms with E-state index in [1.807, 2.05) is 48.5 Å². The maximum absolute atomic E-state index is 14.7. The summed E-state index contributed by atoms with van der Waals surface area (Å²) in [6, 6.07) is 20.6. The number of esters is 1. The molecule has 6 rings (SSSR count). The number of nitrogens with one attached hydrogen (secondary N) is 1. The minimum absolute atomic E-state index is 0.00169. The minimum Gasteiger partial charge on any atom is -0.492 e. The minimum atomic E-state index is -4.49. The van der Waals surface area contributed by atoms with Crippen LogP contribution in [0.3, 0.4) is 0 Å². The number of aliphatic hydroxyl groups excluding tert-OH is 1. The van der Waals surface area contributed by atoms with Crippen LogP contribution in [0, 0.1) is 5.92 Å². The van der Waals surface area contributed by atoms with Gasteiger partial charge in [-0.1, -0.05) is 80.6 Å². The summed E-state index contributed by atoms with van der Waals surface area (Å²) in [5.41, 5.74) is 4.59. The van der Waals surface area contributed by atoms with Crippen molar-refractivity contribution in [3.05, 3.63) is 84.7 Å². The molecule has 0 radical (unpaired) electrons. The molecule has 2 aromatic heterocycles. The molecule has 5 aromatic rings. The molecule has 1 aliphatic rings. The number of anilines is 1. The first kappa shape index (κ1) is 35.2. The van der Waals surface area contributed by atoms with Crippen LogP contribution >= 0.6 is 7.75 Å². The Labute approximate surface area is 287 Å². The number of ether oxygens (including phenoxy) is 2. The van der Waals surface area contributed by atoms with Gasteiger partial charge in [0, 0.05) is 5.39 Å². The standard InChI is InChI=1S/C34H39N6O9P/c1-19(2)26(31(43)47-20(3)21-11-6-5-7-12-21)39-50(45,49-24-16-10-14-22-13-8-9-15-23(22)24)46-17-25-28(41)34(4,44)32(48-25)40-18-36-27-29(40)37-33(35)38-30(27)42/h5-16,18-20,25-26,28,32,41,44H,17H2,1-4H3,(H,39,45)(H3,35,37,38,42)/t20-,25+,26-,28+,32?,34+,50?/m0/s1. The first-order chi connectivity index (χ1) is 23.8. The number of rotatable bonds is 12. The molecule has 0 spiro atoms. The summed E-state index contributed by atoms with van der Waals surface area (Å²) in [6.45, 7) is 6.02. The molecule has 2 unspecified atom stereocenters. The van der Waals surface area contributed by atoms with E-state index in [4.69, 9.17) is 24.3 Å². The third kappa shape index (κ3) is 7.01. The van der Waals surface area contributed by atoms with Crippen molar-refractivity contribution in [2.45, 2.75) is 63.9 Å². The quantitative estimate of drug-likeness (QED) is 0.0899. The Hall–Kier alpha value is -4.63. The predicted octanol–water partition coefficient (Wildman–Crippen LogP) is 4.40. The second kappa shape index (κ2) is 13.9. The molecular weight excluding hydrogens is 667 g/mol. The molecule has 1 saturated heterocycles. The fourth-order valence-corrected chi connectivity index (χ4v) is 7.50. The number of carbonyl (C=O) groups excluding carboxylic acids is 1. The molecule has 264 valence electrons. The topological polar surface area (TPSA) is 213 Å². The molecule has 16 heteroatoms. The molecule has 0 aliphatic carbocycles. The summed E-state index contributed by atoms with van der Waals surface area (Å²) in [5.74, 6) is -1.62. The Morgan fingerprint density at radius 1 is 1.08 bits per heavy atom. The highest BCUT2D eigenvalue weighted by Crippen LogP contribution is 2.49. The lowest BCUT2D eigenvalue weighted by molar-refractivity contribution is -0.152. The second-order valence-corrected chi connectivity index (χ2v) is 14.3. The normalized spacial score (nSPS) is 23.1. The zero-order chi connectivity index (χ0) is 35.8. The summed E-state index contributed by atoms with van der Waals surface area (Å²) in [4.78, 5) is 25.5. The number of aliphatic hydroxyl groups is 2. The number of carbonyl (C=O) groups is 1. The maximum atomic E-state index is 14.7. The summed E-state index contributed by atoms with van der Waals surface area (Å²) < 4.78 is 39.9. The number of aromatic hydroxyl groups is 1. The molecule has 7 atom stereocenters. The van der Waals surface area contributed by atoms with Crippen LogP contribution in [0.4, 0.5) is 5.95 Å². The van der Waals surface area contributed by atoms with Crippen LogP contribution in [0.15, 0.2) is 79.1 Å². The molecule has 1 fully saturated rings. The van der Waals surface area contributed by atoms with Gasteiger partial charge in [-0.25, -0.2) is 9.55 Å². The fourth-order valence-electron chi connectivity index (χ4n) is 5.82. The number of aromatic nitrogens is 4. The van der Waals surface area contributed by atoms with E-state index >= 15 is 0 Å². The van der Waals surface area contributed by atoms with Crippen LogP contribution in [0.2, 0.25) is 0 Å². The molecule has 3 heterocycles. The summed E-state index contributed by atoms with van der Waals surface area (Å²) >= 11 is 0. The molecule has 15 nitrogen and oxygen atoms in total. The van der Waals surface area contributed by atoms with Crippen molar-refractivity contribution in [2.24, 2.45) is 5.92 Å². The zero-order valence-electron chi connectivity index (χ0n) is 27.8. The highest BCUT2D eigenvalue weighted by atomic mass is 31.2. The van der Waals surface area contributed by atoms with E-state index in [1.165, 1.54) is 17.8 Å². The Bertz CT molecular complexity index is 2040. The van der Waals surface area contributed by atoms with Gasteiger partial charge in [0.2, 0.25) is 11.8 Å². The van der Waals surface area contributed by atoms with Gasteiger partial charge in [0.05, 0.1) is 12.9 Å². The van der Waals surface area contributed by atoms with Crippen molar-refractivity contribution < 1.29 is 43.2 Å². The number of imidazole rings is 1. The van der Waals surface area contributed by atoms with Gasteiger partial charge in [0.1, 0.15) is 35.7 Å². The van der Waals surface area contributed by atoms with E-state index in [0.717, 1.165) is 10.9 Å². The van der Waals surface area contributed by atoms with E-state index in [9.17, 15) is 24.7 Å². The van der Waals surface area contributed by atoms with Gasteiger partial charge < -0.3 is 35.1 Å². The van der Waals surface area contributed by atoms with E-state index in [-0.39, 0.29) is 22.9 Å². The Balaban J connectivity index is 1.28. The smallest absolute Gasteiger partial charge is 0.459 e. The molecule has 0 amide bonds. The van der Waals surface area contributed by atoms with Crippen LogP contribution in [0.1, 0.15) is 45.6 Å². The van der Waals surface area contributed by atoms with Gasteiger partial charge in [-0.05, 0) is 36.8 Å². The number of benzene rings is 3. The molecule has 6 N–H and O–H groups in total. The van der Waals surface area contributed by atoms with Gasteiger partial charge in [-0.2, -0.15) is 15.1 Å². The Morgan fingerprint density at radius 2 is 1.78 bits per heavy atom. The van der Waals surface area contributed by atoms with E-state index < -0.39 is 68.3 Å². The number of fused-ring (bicyclic) bond motifs is 2. The van der Waals surface area contributed by atoms with E-state index in [2.05, 4.69) is 20.0 Å². The first-order valence-electron chi connectivity index (χ1n) is 16.0. The number of hydrogen-bond acceptors (Lipinski definition) is 13. The maximum Gasteiger partial charge on any atom is 0.459 e.